The molecule has 0 saturated carbocycles. The Balaban J connectivity index is 2.05. The molecule has 2 heterocycles. The second-order valence-corrected chi connectivity index (χ2v) is 4.35. The number of nitrogens with zero attached hydrogens (tertiary/aromatic N) is 2. The average Bonchev–Trinajstić information content (AvgIpc) is 2.85. The lowest BCUT2D eigenvalue weighted by Crippen LogP contribution is -2.01. The molecule has 3 rings (SSSR count). The number of imidazole rings is 1. The fraction of sp³-hybridized carbons (Fsp3) is 0.0667. The number of carbonyl (C=O) groups excluding carboxylic acids is 1. The minimum atomic E-state index is 0.241. The monoisotopic (exact) mass is 252 g/mol. The van der Waals surface area contributed by atoms with Crippen LogP contribution in [0.3, 0.4) is 0 Å². The number of hydrogen-bond acceptors (Lipinski definition) is 3. The summed E-state index contributed by atoms with van der Waals surface area (Å²) >= 11 is 0. The third-order valence-corrected chi connectivity index (χ3v) is 3.07. The van der Waals surface area contributed by atoms with Crippen molar-refractivity contribution in [2.45, 2.75) is 6.42 Å². The van der Waals surface area contributed by atoms with Gasteiger partial charge in [-0.25, -0.2) is 4.98 Å². The van der Waals surface area contributed by atoms with Crippen LogP contribution in [0.2, 0.25) is 0 Å². The third kappa shape index (κ3) is 2.08. The van der Waals surface area contributed by atoms with E-state index >= 15 is 0 Å². The summed E-state index contributed by atoms with van der Waals surface area (Å²) in [6.07, 6.45) is 3.19. The minimum absolute atomic E-state index is 0.241. The van der Waals surface area contributed by atoms with Crippen molar-refractivity contribution in [3.8, 4) is 5.75 Å². The van der Waals surface area contributed by atoms with E-state index in [4.69, 9.17) is 0 Å². The van der Waals surface area contributed by atoms with Gasteiger partial charge in [-0.05, 0) is 29.8 Å². The molecule has 4 nitrogen and oxygen atoms in total. The maximum atomic E-state index is 11.1. The Labute approximate surface area is 110 Å². The Morgan fingerprint density at radius 1 is 1.16 bits per heavy atom. The van der Waals surface area contributed by atoms with E-state index in [0.29, 0.717) is 12.1 Å². The first kappa shape index (κ1) is 11.5. The Morgan fingerprint density at radius 3 is 2.68 bits per heavy atom. The molecular weight excluding hydrogens is 240 g/mol. The summed E-state index contributed by atoms with van der Waals surface area (Å²) in [5.41, 5.74) is 2.52. The molecule has 0 radical (unpaired) electrons. The van der Waals surface area contributed by atoms with Gasteiger partial charge in [0.15, 0.2) is 6.29 Å². The quantitative estimate of drug-likeness (QED) is 0.728. The van der Waals surface area contributed by atoms with Gasteiger partial charge in [0.25, 0.3) is 0 Å². The summed E-state index contributed by atoms with van der Waals surface area (Å²) in [7, 11) is 0. The number of aldehydes is 1. The predicted octanol–water partition coefficient (Wildman–Crippen LogP) is 2.44. The predicted molar refractivity (Wildman–Crippen MR) is 71.5 cm³/mol. The zero-order valence-corrected chi connectivity index (χ0v) is 10.2. The maximum absolute atomic E-state index is 11.1. The van der Waals surface area contributed by atoms with Crippen molar-refractivity contribution in [3.05, 3.63) is 65.7 Å². The fourth-order valence-corrected chi connectivity index (χ4v) is 2.15. The third-order valence-electron chi connectivity index (χ3n) is 3.07. The minimum Gasteiger partial charge on any atom is -0.508 e. The van der Waals surface area contributed by atoms with Crippen LogP contribution in [-0.4, -0.2) is 20.8 Å². The van der Waals surface area contributed by atoms with Crippen LogP contribution in [0.4, 0.5) is 0 Å². The Bertz CT molecular complexity index is 729. The molecule has 0 atom stereocenters. The highest BCUT2D eigenvalue weighted by atomic mass is 16.3. The molecule has 0 aliphatic rings. The summed E-state index contributed by atoms with van der Waals surface area (Å²) in [5.74, 6) is 1.05. The van der Waals surface area contributed by atoms with E-state index in [1.165, 1.54) is 0 Å². The van der Waals surface area contributed by atoms with Gasteiger partial charge in [-0.1, -0.05) is 18.2 Å². The van der Waals surface area contributed by atoms with Gasteiger partial charge in [-0.2, -0.15) is 0 Å². The van der Waals surface area contributed by atoms with E-state index < -0.39 is 0 Å². The van der Waals surface area contributed by atoms with Crippen molar-refractivity contribution >= 4 is 11.8 Å². The van der Waals surface area contributed by atoms with E-state index in [2.05, 4.69) is 4.98 Å². The number of benzene rings is 1. The highest BCUT2D eigenvalue weighted by Gasteiger charge is 2.08. The van der Waals surface area contributed by atoms with Crippen molar-refractivity contribution in [3.63, 3.8) is 0 Å². The molecule has 1 aromatic carbocycles. The summed E-state index contributed by atoms with van der Waals surface area (Å²) in [4.78, 5) is 15.4. The summed E-state index contributed by atoms with van der Waals surface area (Å²) in [5, 5.41) is 9.27. The van der Waals surface area contributed by atoms with Crippen LogP contribution in [-0.2, 0) is 6.42 Å². The van der Waals surface area contributed by atoms with Crippen molar-refractivity contribution in [1.82, 2.24) is 9.38 Å². The highest BCUT2D eigenvalue weighted by molar-refractivity contribution is 5.74. The molecule has 0 spiro atoms. The van der Waals surface area contributed by atoms with Gasteiger partial charge in [0.1, 0.15) is 11.6 Å². The van der Waals surface area contributed by atoms with Crippen molar-refractivity contribution in [2.24, 2.45) is 0 Å². The number of rotatable bonds is 3. The lowest BCUT2D eigenvalue weighted by Gasteiger charge is -2.04. The van der Waals surface area contributed by atoms with Crippen LogP contribution in [0, 0.1) is 0 Å². The normalized spacial score (nSPS) is 10.7. The molecule has 0 bridgehead atoms. The number of fused-ring (bicyclic) bond motifs is 1. The van der Waals surface area contributed by atoms with Crippen LogP contribution in [0.1, 0.15) is 21.9 Å². The summed E-state index contributed by atoms with van der Waals surface area (Å²) < 4.78 is 1.85. The molecule has 0 fully saturated rings. The van der Waals surface area contributed by atoms with Gasteiger partial charge in [0.2, 0.25) is 0 Å². The van der Waals surface area contributed by atoms with Gasteiger partial charge in [0.05, 0.1) is 17.4 Å². The van der Waals surface area contributed by atoms with Gasteiger partial charge < -0.3 is 5.11 Å². The Kier molecular flexibility index (Phi) is 2.76. The van der Waals surface area contributed by atoms with Crippen LogP contribution in [0.5, 0.6) is 5.75 Å². The van der Waals surface area contributed by atoms with Crippen molar-refractivity contribution in [1.29, 1.82) is 0 Å². The molecule has 0 unspecified atom stereocenters. The molecule has 0 aliphatic carbocycles. The van der Waals surface area contributed by atoms with Crippen LogP contribution >= 0.6 is 0 Å². The number of pyridine rings is 1. The van der Waals surface area contributed by atoms with E-state index in [0.717, 1.165) is 23.2 Å². The molecule has 94 valence electrons. The topological polar surface area (TPSA) is 54.6 Å². The van der Waals surface area contributed by atoms with Gasteiger partial charge in [-0.15, -0.1) is 0 Å². The lowest BCUT2D eigenvalue weighted by molar-refractivity contribution is 0.111. The SMILES string of the molecule is O=Cc1cccc2cnc(Cc3ccc(O)cc3)n12. The van der Waals surface area contributed by atoms with E-state index in [1.807, 2.05) is 28.7 Å². The van der Waals surface area contributed by atoms with Gasteiger partial charge in [-0.3, -0.25) is 9.20 Å². The molecule has 1 N–H and O–H groups in total. The average molecular weight is 252 g/mol. The highest BCUT2D eigenvalue weighted by Crippen LogP contribution is 2.16. The summed E-state index contributed by atoms with van der Waals surface area (Å²) in [6, 6.07) is 12.5. The van der Waals surface area contributed by atoms with E-state index in [1.54, 1.807) is 24.4 Å². The number of aromatic hydroxyl groups is 1. The maximum Gasteiger partial charge on any atom is 0.166 e. The Morgan fingerprint density at radius 2 is 1.95 bits per heavy atom. The molecule has 2 aromatic heterocycles. The zero-order chi connectivity index (χ0) is 13.2. The first-order valence-electron chi connectivity index (χ1n) is 5.96. The Hall–Kier alpha value is -2.62. The smallest absolute Gasteiger partial charge is 0.166 e. The van der Waals surface area contributed by atoms with Crippen molar-refractivity contribution in [2.75, 3.05) is 0 Å². The van der Waals surface area contributed by atoms with E-state index in [-0.39, 0.29) is 5.75 Å². The molecule has 19 heavy (non-hydrogen) atoms. The standard InChI is InChI=1S/C15H12N2O2/c18-10-13-3-1-2-12-9-16-15(17(12)13)8-11-4-6-14(19)7-5-11/h1-7,9-10,19H,8H2. The second-order valence-electron chi connectivity index (χ2n) is 4.35. The van der Waals surface area contributed by atoms with Gasteiger partial charge in [0, 0.05) is 6.42 Å². The molecule has 0 saturated heterocycles. The van der Waals surface area contributed by atoms with Gasteiger partial charge >= 0.3 is 0 Å². The number of phenols is 1. The first-order valence-corrected chi connectivity index (χ1v) is 5.96. The lowest BCUT2D eigenvalue weighted by atomic mass is 10.1. The molecule has 4 heteroatoms. The fourth-order valence-electron chi connectivity index (χ4n) is 2.15. The first-order chi connectivity index (χ1) is 9.28. The van der Waals surface area contributed by atoms with Crippen LogP contribution in [0.15, 0.2) is 48.7 Å². The number of carbonyl (C=O) groups is 1. The van der Waals surface area contributed by atoms with Crippen molar-refractivity contribution < 1.29 is 9.90 Å². The van der Waals surface area contributed by atoms with Crippen LogP contribution in [0.25, 0.3) is 5.52 Å². The number of hydrogen-bond donors (Lipinski definition) is 1. The second kappa shape index (κ2) is 4.57. The molecule has 3 aromatic rings. The molecular formula is C15H12N2O2. The number of phenolic OH excluding ortho intramolecular Hbond substituents is 1. The number of aromatic nitrogens is 2. The van der Waals surface area contributed by atoms with Crippen LogP contribution < -0.4 is 0 Å². The molecule has 0 amide bonds. The molecule has 0 aliphatic heterocycles. The summed E-state index contributed by atoms with van der Waals surface area (Å²) in [6.45, 7) is 0. The largest absolute Gasteiger partial charge is 0.508 e. The zero-order valence-electron chi connectivity index (χ0n) is 10.2. The van der Waals surface area contributed by atoms with E-state index in [9.17, 15) is 9.90 Å².